The Morgan fingerprint density at radius 3 is 2.66 bits per heavy atom. The van der Waals surface area contributed by atoms with Crippen LogP contribution in [-0.4, -0.2) is 44.2 Å². The Labute approximate surface area is 229 Å². The van der Waals surface area contributed by atoms with Gasteiger partial charge in [0.1, 0.15) is 16.5 Å². The quantitative estimate of drug-likeness (QED) is 0.240. The van der Waals surface area contributed by atoms with E-state index in [1.54, 1.807) is 18.9 Å². The van der Waals surface area contributed by atoms with E-state index < -0.39 is 0 Å². The zero-order chi connectivity index (χ0) is 25.9. The van der Waals surface area contributed by atoms with Crippen molar-refractivity contribution in [1.82, 2.24) is 24.6 Å². The van der Waals surface area contributed by atoms with Crippen molar-refractivity contribution in [3.8, 4) is 22.8 Å². The van der Waals surface area contributed by atoms with Crippen LogP contribution in [0.4, 0.5) is 0 Å². The first-order valence-electron chi connectivity index (χ1n) is 12.3. The topological polar surface area (TPSA) is 73.1 Å². The number of thioether (sulfide) groups is 1. The summed E-state index contributed by atoms with van der Waals surface area (Å²) in [6, 6.07) is 26.2. The number of hydrogen-bond donors (Lipinski definition) is 0. The zero-order valence-electron chi connectivity index (χ0n) is 20.8. The number of fused-ring (bicyclic) bond motifs is 1. The van der Waals surface area contributed by atoms with Gasteiger partial charge in [0.15, 0.2) is 11.0 Å². The highest BCUT2D eigenvalue weighted by molar-refractivity contribution is 7.98. The molecule has 0 atom stereocenters. The average Bonchev–Trinajstić information content (AvgIpc) is 3.63. The fourth-order valence-electron chi connectivity index (χ4n) is 4.56. The molecule has 0 aliphatic carbocycles. The molecule has 0 radical (unpaired) electrons. The number of amides is 1. The van der Waals surface area contributed by atoms with Gasteiger partial charge in [-0.3, -0.25) is 9.36 Å². The predicted octanol–water partition coefficient (Wildman–Crippen LogP) is 5.89. The van der Waals surface area contributed by atoms with Crippen LogP contribution in [0.1, 0.15) is 26.6 Å². The van der Waals surface area contributed by atoms with E-state index >= 15 is 0 Å². The van der Waals surface area contributed by atoms with Crippen molar-refractivity contribution in [1.29, 1.82) is 0 Å². The van der Waals surface area contributed by atoms with Gasteiger partial charge in [-0.1, -0.05) is 66.4 Å². The first-order chi connectivity index (χ1) is 18.7. The molecule has 3 heterocycles. The van der Waals surface area contributed by atoms with E-state index in [1.807, 2.05) is 75.5 Å². The van der Waals surface area contributed by atoms with E-state index in [0.717, 1.165) is 39.4 Å². The molecule has 6 rings (SSSR count). The average molecular weight is 540 g/mol. The van der Waals surface area contributed by atoms with Crippen molar-refractivity contribution >= 4 is 29.0 Å². The fourth-order valence-corrected chi connectivity index (χ4v) is 6.29. The number of carbonyl (C=O) groups is 1. The maximum Gasteiger partial charge on any atom is 0.273 e. The van der Waals surface area contributed by atoms with Crippen LogP contribution in [0, 0.1) is 0 Å². The molecule has 0 bridgehead atoms. The summed E-state index contributed by atoms with van der Waals surface area (Å²) in [5, 5.41) is 12.5. The minimum atomic E-state index is -0.0141. The summed E-state index contributed by atoms with van der Waals surface area (Å²) in [7, 11) is 1.65. The molecule has 9 heteroatoms. The van der Waals surface area contributed by atoms with Gasteiger partial charge in [0, 0.05) is 29.7 Å². The maximum absolute atomic E-state index is 13.2. The molecule has 7 nitrogen and oxygen atoms in total. The Balaban J connectivity index is 1.21. The molecule has 0 N–H and O–H groups in total. The van der Waals surface area contributed by atoms with Gasteiger partial charge in [-0.2, -0.15) is 0 Å². The zero-order valence-corrected chi connectivity index (χ0v) is 22.4. The van der Waals surface area contributed by atoms with Gasteiger partial charge in [0.05, 0.1) is 12.9 Å². The van der Waals surface area contributed by atoms with Crippen LogP contribution in [0.2, 0.25) is 0 Å². The molecule has 1 amide bonds. The van der Waals surface area contributed by atoms with Gasteiger partial charge in [0.25, 0.3) is 5.91 Å². The van der Waals surface area contributed by atoms with Crippen molar-refractivity contribution in [3.63, 3.8) is 0 Å². The van der Waals surface area contributed by atoms with Crippen molar-refractivity contribution in [2.24, 2.45) is 0 Å². The lowest BCUT2D eigenvalue weighted by Gasteiger charge is -2.28. The number of rotatable bonds is 7. The van der Waals surface area contributed by atoms with E-state index in [2.05, 4.69) is 33.4 Å². The number of hydrogen-bond acceptors (Lipinski definition) is 7. The minimum Gasteiger partial charge on any atom is -0.497 e. The Morgan fingerprint density at radius 1 is 1.00 bits per heavy atom. The maximum atomic E-state index is 13.2. The largest absolute Gasteiger partial charge is 0.497 e. The van der Waals surface area contributed by atoms with E-state index in [-0.39, 0.29) is 5.91 Å². The van der Waals surface area contributed by atoms with E-state index in [0.29, 0.717) is 24.5 Å². The van der Waals surface area contributed by atoms with Crippen LogP contribution >= 0.6 is 23.1 Å². The lowest BCUT2D eigenvalue weighted by Crippen LogP contribution is -2.36. The predicted molar refractivity (Wildman–Crippen MR) is 150 cm³/mol. The number of thiazole rings is 1. The SMILES string of the molecule is COc1cccc(-c2nnc(SCc3nc(C(=O)N4CCc5ccccc5C4)cs3)n2-c2ccccc2)c1. The van der Waals surface area contributed by atoms with E-state index in [9.17, 15) is 4.79 Å². The van der Waals surface area contributed by atoms with Crippen LogP contribution < -0.4 is 4.74 Å². The van der Waals surface area contributed by atoms with Crippen molar-refractivity contribution in [3.05, 3.63) is 106 Å². The molecular weight excluding hydrogens is 514 g/mol. The summed E-state index contributed by atoms with van der Waals surface area (Å²) < 4.78 is 7.46. The highest BCUT2D eigenvalue weighted by Crippen LogP contribution is 2.32. The summed E-state index contributed by atoms with van der Waals surface area (Å²) >= 11 is 3.06. The van der Waals surface area contributed by atoms with Crippen molar-refractivity contribution < 1.29 is 9.53 Å². The molecule has 38 heavy (non-hydrogen) atoms. The minimum absolute atomic E-state index is 0.0141. The van der Waals surface area contributed by atoms with Crippen LogP contribution in [0.3, 0.4) is 0 Å². The number of nitrogens with zero attached hydrogens (tertiary/aromatic N) is 5. The highest BCUT2D eigenvalue weighted by Gasteiger charge is 2.24. The molecule has 0 saturated heterocycles. The summed E-state index contributed by atoms with van der Waals surface area (Å²) in [6.07, 6.45) is 0.875. The molecule has 3 aromatic carbocycles. The molecule has 0 unspecified atom stereocenters. The van der Waals surface area contributed by atoms with Gasteiger partial charge >= 0.3 is 0 Å². The van der Waals surface area contributed by atoms with Crippen LogP contribution in [0.5, 0.6) is 5.75 Å². The third-order valence-electron chi connectivity index (χ3n) is 6.49. The fraction of sp³-hybridized carbons (Fsp3) is 0.172. The Morgan fingerprint density at radius 2 is 1.82 bits per heavy atom. The Bertz CT molecular complexity index is 1580. The molecule has 0 fully saturated rings. The second-order valence-electron chi connectivity index (χ2n) is 8.87. The summed E-state index contributed by atoms with van der Waals surface area (Å²) in [5.74, 6) is 2.07. The first-order valence-corrected chi connectivity index (χ1v) is 14.1. The second-order valence-corrected chi connectivity index (χ2v) is 10.8. The van der Waals surface area contributed by atoms with Crippen molar-refractivity contribution in [2.45, 2.75) is 23.9 Å². The number of aromatic nitrogens is 4. The Kier molecular flexibility index (Phi) is 6.94. The second kappa shape index (κ2) is 10.8. The third kappa shape index (κ3) is 4.94. The standard InChI is InChI=1S/C29H25N5O2S2/c1-36-24-13-7-10-21(16-24)27-31-32-29(34(27)23-11-3-2-4-12-23)38-19-26-30-25(18-37-26)28(35)33-15-14-20-8-5-6-9-22(20)17-33/h2-13,16,18H,14-15,17,19H2,1H3. The lowest BCUT2D eigenvalue weighted by atomic mass is 10.00. The summed E-state index contributed by atoms with van der Waals surface area (Å²) in [5.41, 5.74) is 4.93. The monoisotopic (exact) mass is 539 g/mol. The van der Waals surface area contributed by atoms with E-state index in [1.165, 1.54) is 22.5 Å². The van der Waals surface area contributed by atoms with Gasteiger partial charge in [-0.25, -0.2) is 4.98 Å². The Hall–Kier alpha value is -3.95. The molecule has 0 spiro atoms. The number of methoxy groups -OCH3 is 1. The summed E-state index contributed by atoms with van der Waals surface area (Å²) in [4.78, 5) is 19.7. The van der Waals surface area contributed by atoms with Crippen LogP contribution in [0.25, 0.3) is 17.1 Å². The highest BCUT2D eigenvalue weighted by atomic mass is 32.2. The molecule has 1 aliphatic rings. The molecule has 1 aliphatic heterocycles. The lowest BCUT2D eigenvalue weighted by molar-refractivity contribution is 0.0729. The molecule has 2 aromatic heterocycles. The van der Waals surface area contributed by atoms with Gasteiger partial charge in [-0.05, 0) is 41.8 Å². The van der Waals surface area contributed by atoms with Gasteiger partial charge < -0.3 is 9.64 Å². The number of para-hydroxylation sites is 1. The normalized spacial score (nSPS) is 12.8. The van der Waals surface area contributed by atoms with Crippen LogP contribution in [0.15, 0.2) is 89.4 Å². The number of carbonyl (C=O) groups excluding carboxylic acids is 1. The third-order valence-corrected chi connectivity index (χ3v) is 8.46. The molecule has 5 aromatic rings. The smallest absolute Gasteiger partial charge is 0.273 e. The number of benzene rings is 3. The van der Waals surface area contributed by atoms with Gasteiger partial charge in [0.2, 0.25) is 0 Å². The first kappa shape index (κ1) is 24.4. The van der Waals surface area contributed by atoms with E-state index in [4.69, 9.17) is 4.74 Å². The molecular formula is C29H25N5O2S2. The number of ether oxygens (including phenoxy) is 1. The van der Waals surface area contributed by atoms with Gasteiger partial charge in [-0.15, -0.1) is 21.5 Å². The van der Waals surface area contributed by atoms with Crippen LogP contribution in [-0.2, 0) is 18.7 Å². The molecule has 0 saturated carbocycles. The van der Waals surface area contributed by atoms with Crippen molar-refractivity contribution in [2.75, 3.05) is 13.7 Å². The summed E-state index contributed by atoms with van der Waals surface area (Å²) in [6.45, 7) is 1.34. The molecule has 190 valence electrons.